The van der Waals surface area contributed by atoms with Crippen molar-refractivity contribution in [3.8, 4) is 0 Å². The van der Waals surface area contributed by atoms with Crippen molar-refractivity contribution < 1.29 is 9.53 Å². The average Bonchev–Trinajstić information content (AvgIpc) is 2.69. The van der Waals surface area contributed by atoms with Crippen LogP contribution in [0.4, 0.5) is 0 Å². The molecule has 0 atom stereocenters. The molecule has 0 saturated carbocycles. The lowest BCUT2D eigenvalue weighted by molar-refractivity contribution is 0.0511. The van der Waals surface area contributed by atoms with Crippen LogP contribution in [0.15, 0.2) is 6.07 Å². The van der Waals surface area contributed by atoms with E-state index in [0.29, 0.717) is 6.61 Å². The number of carbonyl (C=O) groups is 1. The number of ether oxygens (including phenoxy) is 1. The van der Waals surface area contributed by atoms with Gasteiger partial charge in [0.2, 0.25) is 0 Å². The van der Waals surface area contributed by atoms with Gasteiger partial charge >= 0.3 is 5.97 Å². The molecule has 1 aliphatic carbocycles. The highest BCUT2D eigenvalue weighted by Crippen LogP contribution is 2.29. The zero-order chi connectivity index (χ0) is 10.7. The van der Waals surface area contributed by atoms with Gasteiger partial charge in [-0.25, -0.2) is 4.79 Å². The fourth-order valence-corrected chi connectivity index (χ4v) is 3.00. The summed E-state index contributed by atoms with van der Waals surface area (Å²) in [7, 11) is 0. The number of hydrogen-bond donors (Lipinski definition) is 0. The Morgan fingerprint density at radius 1 is 1.47 bits per heavy atom. The summed E-state index contributed by atoms with van der Waals surface area (Å²) in [5.74, 6) is -0.142. The summed E-state index contributed by atoms with van der Waals surface area (Å²) < 4.78 is 5.13. The van der Waals surface area contributed by atoms with Gasteiger partial charge in [0.25, 0.3) is 0 Å². The minimum atomic E-state index is -0.142. The standard InChI is InChI=1S/C12H16O2S/c1-2-7-14-12(13)11-8-9-5-3-4-6-10(9)15-11/h8H,2-7H2,1H3. The molecule has 1 aliphatic rings. The molecule has 0 unspecified atom stereocenters. The summed E-state index contributed by atoms with van der Waals surface area (Å²) >= 11 is 1.62. The van der Waals surface area contributed by atoms with Gasteiger partial charge in [0.1, 0.15) is 4.88 Å². The van der Waals surface area contributed by atoms with Crippen molar-refractivity contribution in [2.45, 2.75) is 39.0 Å². The molecule has 1 aromatic heterocycles. The Hall–Kier alpha value is -0.830. The number of carbonyl (C=O) groups excluding carboxylic acids is 1. The van der Waals surface area contributed by atoms with Crippen LogP contribution < -0.4 is 0 Å². The second-order valence-corrected chi connectivity index (χ2v) is 5.04. The van der Waals surface area contributed by atoms with E-state index in [9.17, 15) is 4.79 Å². The van der Waals surface area contributed by atoms with Crippen LogP contribution >= 0.6 is 11.3 Å². The summed E-state index contributed by atoms with van der Waals surface area (Å²) in [6.45, 7) is 2.54. The van der Waals surface area contributed by atoms with Gasteiger partial charge in [-0.1, -0.05) is 6.92 Å². The van der Waals surface area contributed by atoms with E-state index < -0.39 is 0 Å². The first-order valence-corrected chi connectivity index (χ1v) is 6.41. The molecule has 0 radical (unpaired) electrons. The van der Waals surface area contributed by atoms with E-state index in [1.807, 2.05) is 13.0 Å². The molecule has 1 heterocycles. The largest absolute Gasteiger partial charge is 0.462 e. The molecule has 82 valence electrons. The van der Waals surface area contributed by atoms with Gasteiger partial charge in [0, 0.05) is 4.88 Å². The summed E-state index contributed by atoms with van der Waals surface area (Å²) in [6.07, 6.45) is 5.68. The van der Waals surface area contributed by atoms with Crippen LogP contribution in [-0.4, -0.2) is 12.6 Å². The molecule has 0 amide bonds. The summed E-state index contributed by atoms with van der Waals surface area (Å²) in [4.78, 5) is 13.8. The van der Waals surface area contributed by atoms with Gasteiger partial charge in [-0.2, -0.15) is 0 Å². The molecule has 15 heavy (non-hydrogen) atoms. The second kappa shape index (κ2) is 4.79. The summed E-state index contributed by atoms with van der Waals surface area (Å²) in [5, 5.41) is 0. The fraction of sp³-hybridized carbons (Fsp3) is 0.583. The molecule has 1 aromatic rings. The van der Waals surface area contributed by atoms with Crippen LogP contribution in [0.3, 0.4) is 0 Å². The highest BCUT2D eigenvalue weighted by atomic mass is 32.1. The number of esters is 1. The Morgan fingerprint density at radius 3 is 3.00 bits per heavy atom. The topological polar surface area (TPSA) is 26.3 Å². The normalized spacial score (nSPS) is 14.7. The summed E-state index contributed by atoms with van der Waals surface area (Å²) in [6, 6.07) is 2.02. The molecule has 0 aromatic carbocycles. The SMILES string of the molecule is CCCOC(=O)c1cc2c(s1)CCCC2. The Kier molecular flexibility index (Phi) is 3.41. The lowest BCUT2D eigenvalue weighted by Gasteiger charge is -2.08. The van der Waals surface area contributed by atoms with E-state index in [-0.39, 0.29) is 5.97 Å². The van der Waals surface area contributed by atoms with Gasteiger partial charge in [0.05, 0.1) is 6.61 Å². The fourth-order valence-electron chi connectivity index (χ4n) is 1.86. The van der Waals surface area contributed by atoms with Crippen molar-refractivity contribution >= 4 is 17.3 Å². The molecular weight excluding hydrogens is 208 g/mol. The monoisotopic (exact) mass is 224 g/mol. The minimum absolute atomic E-state index is 0.142. The smallest absolute Gasteiger partial charge is 0.348 e. The Balaban J connectivity index is 2.08. The quantitative estimate of drug-likeness (QED) is 0.737. The van der Waals surface area contributed by atoms with Crippen molar-refractivity contribution in [2.75, 3.05) is 6.61 Å². The van der Waals surface area contributed by atoms with Crippen molar-refractivity contribution in [2.24, 2.45) is 0 Å². The Morgan fingerprint density at radius 2 is 2.27 bits per heavy atom. The molecule has 0 bridgehead atoms. The van der Waals surface area contributed by atoms with E-state index in [1.165, 1.54) is 23.3 Å². The molecule has 0 saturated heterocycles. The molecule has 0 spiro atoms. The third-order valence-corrected chi connectivity index (χ3v) is 3.85. The van der Waals surface area contributed by atoms with Crippen molar-refractivity contribution in [1.82, 2.24) is 0 Å². The van der Waals surface area contributed by atoms with Gasteiger partial charge < -0.3 is 4.74 Å². The number of aryl methyl sites for hydroxylation is 2. The van der Waals surface area contributed by atoms with Crippen LogP contribution in [0.5, 0.6) is 0 Å². The molecule has 0 aliphatic heterocycles. The second-order valence-electron chi connectivity index (χ2n) is 3.90. The maximum Gasteiger partial charge on any atom is 0.348 e. The van der Waals surface area contributed by atoms with E-state index in [1.54, 1.807) is 11.3 Å². The van der Waals surface area contributed by atoms with Crippen LogP contribution in [0.2, 0.25) is 0 Å². The van der Waals surface area contributed by atoms with Crippen molar-refractivity contribution in [3.63, 3.8) is 0 Å². The zero-order valence-corrected chi connectivity index (χ0v) is 9.86. The number of fused-ring (bicyclic) bond motifs is 1. The van der Waals surface area contributed by atoms with Crippen molar-refractivity contribution in [1.29, 1.82) is 0 Å². The van der Waals surface area contributed by atoms with E-state index in [0.717, 1.165) is 24.1 Å². The maximum atomic E-state index is 11.6. The third-order valence-electron chi connectivity index (χ3n) is 2.64. The van der Waals surface area contributed by atoms with E-state index in [2.05, 4.69) is 0 Å². The summed E-state index contributed by atoms with van der Waals surface area (Å²) in [5.41, 5.74) is 1.37. The van der Waals surface area contributed by atoms with Gasteiger partial charge in [-0.05, 0) is 43.7 Å². The molecule has 0 fully saturated rings. The first-order valence-electron chi connectivity index (χ1n) is 5.60. The Labute approximate surface area is 94.3 Å². The first-order chi connectivity index (χ1) is 7.31. The molecule has 2 rings (SSSR count). The van der Waals surface area contributed by atoms with Crippen molar-refractivity contribution in [3.05, 3.63) is 21.4 Å². The highest BCUT2D eigenvalue weighted by molar-refractivity contribution is 7.14. The molecule has 2 nitrogen and oxygen atoms in total. The average molecular weight is 224 g/mol. The van der Waals surface area contributed by atoms with Crippen LogP contribution in [-0.2, 0) is 17.6 Å². The third kappa shape index (κ3) is 2.40. The minimum Gasteiger partial charge on any atom is -0.462 e. The van der Waals surface area contributed by atoms with Crippen LogP contribution in [0.1, 0.15) is 46.3 Å². The van der Waals surface area contributed by atoms with Crippen LogP contribution in [0.25, 0.3) is 0 Å². The number of rotatable bonds is 3. The predicted molar refractivity (Wildman–Crippen MR) is 61.5 cm³/mol. The van der Waals surface area contributed by atoms with E-state index in [4.69, 9.17) is 4.74 Å². The van der Waals surface area contributed by atoms with E-state index >= 15 is 0 Å². The van der Waals surface area contributed by atoms with Gasteiger partial charge in [-0.3, -0.25) is 0 Å². The van der Waals surface area contributed by atoms with Gasteiger partial charge in [0.15, 0.2) is 0 Å². The van der Waals surface area contributed by atoms with Gasteiger partial charge in [-0.15, -0.1) is 11.3 Å². The molecule has 3 heteroatoms. The number of thiophene rings is 1. The lowest BCUT2D eigenvalue weighted by Crippen LogP contribution is -2.03. The van der Waals surface area contributed by atoms with Crippen LogP contribution in [0, 0.1) is 0 Å². The Bertz CT molecular complexity index is 331. The lowest BCUT2D eigenvalue weighted by atomic mass is 9.99. The predicted octanol–water partition coefficient (Wildman–Crippen LogP) is 3.19. The zero-order valence-electron chi connectivity index (χ0n) is 9.04. The molecule has 0 N–H and O–H groups in total. The number of hydrogen-bond acceptors (Lipinski definition) is 3. The highest BCUT2D eigenvalue weighted by Gasteiger charge is 2.17. The first kappa shape index (κ1) is 10.7. The molecular formula is C12H16O2S. The maximum absolute atomic E-state index is 11.6.